The Morgan fingerprint density at radius 1 is 1.13 bits per heavy atom. The summed E-state index contributed by atoms with van der Waals surface area (Å²) in [6.07, 6.45) is 0.772. The summed E-state index contributed by atoms with van der Waals surface area (Å²) < 4.78 is 1.04. The van der Waals surface area contributed by atoms with Crippen LogP contribution >= 0.6 is 11.3 Å². The highest BCUT2D eigenvalue weighted by atomic mass is 32.1. The molecule has 31 heavy (non-hydrogen) atoms. The minimum atomic E-state index is -0.266. The molecule has 4 aromatic rings. The molecular formula is C24H22N4O2S. The van der Waals surface area contributed by atoms with Crippen molar-refractivity contribution >= 4 is 38.4 Å². The Kier molecular flexibility index (Phi) is 5.05. The molecule has 7 heteroatoms. The van der Waals surface area contributed by atoms with E-state index in [1.165, 1.54) is 16.4 Å². The van der Waals surface area contributed by atoms with Crippen LogP contribution in [0.4, 0.5) is 15.6 Å². The minimum absolute atomic E-state index is 0.0936. The molecule has 0 aliphatic carbocycles. The molecule has 3 aromatic carbocycles. The van der Waals surface area contributed by atoms with Crippen LogP contribution in [0, 0.1) is 6.92 Å². The number of thiazole rings is 1. The number of nitrogens with one attached hydrogen (secondary N) is 1. The molecule has 1 aliphatic heterocycles. The van der Waals surface area contributed by atoms with Crippen LogP contribution in [0.2, 0.25) is 0 Å². The fourth-order valence-electron chi connectivity index (χ4n) is 3.88. The highest BCUT2D eigenvalue weighted by molar-refractivity contribution is 7.22. The van der Waals surface area contributed by atoms with E-state index in [1.807, 2.05) is 61.5 Å². The van der Waals surface area contributed by atoms with Gasteiger partial charge in [-0.3, -0.25) is 4.84 Å². The fraction of sp³-hybridized carbons (Fsp3) is 0.167. The Hall–Kier alpha value is -3.42. The number of aromatic nitrogens is 1. The summed E-state index contributed by atoms with van der Waals surface area (Å²) in [5.74, 6) is 0. The molecule has 5 rings (SSSR count). The lowest BCUT2D eigenvalue weighted by molar-refractivity contribution is -0.0829. The monoisotopic (exact) mass is 430 g/mol. The van der Waals surface area contributed by atoms with Gasteiger partial charge < -0.3 is 11.1 Å². The van der Waals surface area contributed by atoms with Crippen molar-refractivity contribution in [3.05, 3.63) is 77.9 Å². The number of urea groups is 1. The summed E-state index contributed by atoms with van der Waals surface area (Å²) in [6, 6.07) is 21.7. The average Bonchev–Trinajstić information content (AvgIpc) is 3.41. The molecular weight excluding hydrogens is 408 g/mol. The first-order valence-electron chi connectivity index (χ1n) is 10.1. The zero-order valence-electron chi connectivity index (χ0n) is 17.0. The highest BCUT2D eigenvalue weighted by Crippen LogP contribution is 2.33. The molecule has 0 radical (unpaired) electrons. The Labute approximate surface area is 184 Å². The molecule has 2 heterocycles. The van der Waals surface area contributed by atoms with Crippen LogP contribution in [0.5, 0.6) is 0 Å². The lowest BCUT2D eigenvalue weighted by Gasteiger charge is -2.23. The normalized spacial score (nSPS) is 16.0. The van der Waals surface area contributed by atoms with Gasteiger partial charge in [-0.15, -0.1) is 0 Å². The molecule has 1 aliphatic rings. The third-order valence-electron chi connectivity index (χ3n) is 5.51. The molecule has 1 fully saturated rings. The molecule has 0 saturated carbocycles. The van der Waals surface area contributed by atoms with Crippen LogP contribution in [0.1, 0.15) is 23.6 Å². The van der Waals surface area contributed by atoms with Crippen molar-refractivity contribution in [2.24, 2.45) is 0 Å². The highest BCUT2D eigenvalue weighted by Gasteiger charge is 2.32. The Bertz CT molecular complexity index is 1260. The zero-order valence-corrected chi connectivity index (χ0v) is 17.9. The first-order valence-corrected chi connectivity index (χ1v) is 11.0. The Morgan fingerprint density at radius 3 is 2.74 bits per heavy atom. The summed E-state index contributed by atoms with van der Waals surface area (Å²) in [4.78, 5) is 23.0. The third kappa shape index (κ3) is 3.85. The van der Waals surface area contributed by atoms with Crippen molar-refractivity contribution in [2.45, 2.75) is 19.4 Å². The predicted octanol–water partition coefficient (Wildman–Crippen LogP) is 5.76. The first-order chi connectivity index (χ1) is 15.1. The van der Waals surface area contributed by atoms with Crippen molar-refractivity contribution in [1.82, 2.24) is 10.0 Å². The summed E-state index contributed by atoms with van der Waals surface area (Å²) in [5.41, 5.74) is 11.6. The van der Waals surface area contributed by atoms with E-state index in [1.54, 1.807) is 0 Å². The molecule has 3 N–H and O–H groups in total. The van der Waals surface area contributed by atoms with Gasteiger partial charge >= 0.3 is 6.03 Å². The van der Waals surface area contributed by atoms with E-state index in [0.29, 0.717) is 11.7 Å². The van der Waals surface area contributed by atoms with Gasteiger partial charge in [0.15, 0.2) is 5.13 Å². The second-order valence-corrected chi connectivity index (χ2v) is 8.63. The van der Waals surface area contributed by atoms with Crippen molar-refractivity contribution in [3.63, 3.8) is 0 Å². The molecule has 0 spiro atoms. The van der Waals surface area contributed by atoms with Gasteiger partial charge in [0.1, 0.15) is 0 Å². The number of hydrogen-bond acceptors (Lipinski definition) is 5. The maximum absolute atomic E-state index is 13.0. The van der Waals surface area contributed by atoms with E-state index in [0.717, 1.165) is 44.6 Å². The van der Waals surface area contributed by atoms with E-state index < -0.39 is 0 Å². The molecule has 0 unspecified atom stereocenters. The second-order valence-electron chi connectivity index (χ2n) is 7.57. The number of aryl methyl sites for hydroxylation is 1. The standard InChI is InChI=1S/C24H22N4O2S/c1-15-7-8-17(18-9-10-19-22(14-18)31-23(25)26-19)13-20(15)27-24(29)28-21(11-12-30-28)16-5-3-2-4-6-16/h2-10,13-14,21H,11-12H2,1H3,(H2,25,26)(H,27,29)/t21-/m0/s1. The van der Waals surface area contributed by atoms with E-state index >= 15 is 0 Å². The molecule has 1 saturated heterocycles. The van der Waals surface area contributed by atoms with Crippen LogP contribution in [-0.2, 0) is 4.84 Å². The number of fused-ring (bicyclic) bond motifs is 1. The number of benzene rings is 3. The van der Waals surface area contributed by atoms with Crippen LogP contribution in [-0.4, -0.2) is 22.7 Å². The summed E-state index contributed by atoms with van der Waals surface area (Å²) >= 11 is 1.47. The van der Waals surface area contributed by atoms with Gasteiger partial charge in [-0.05, 0) is 47.4 Å². The number of amides is 2. The summed E-state index contributed by atoms with van der Waals surface area (Å²) in [5, 5.41) is 5.05. The van der Waals surface area contributed by atoms with Crippen molar-refractivity contribution < 1.29 is 9.63 Å². The fourth-order valence-corrected chi connectivity index (χ4v) is 4.65. The number of hydroxylamine groups is 2. The van der Waals surface area contributed by atoms with Gasteiger partial charge in [-0.25, -0.2) is 9.78 Å². The largest absolute Gasteiger partial charge is 0.375 e. The van der Waals surface area contributed by atoms with Crippen LogP contribution in [0.15, 0.2) is 66.7 Å². The number of rotatable bonds is 3. The van der Waals surface area contributed by atoms with Crippen molar-refractivity contribution in [1.29, 1.82) is 0 Å². The quantitative estimate of drug-likeness (QED) is 0.433. The van der Waals surface area contributed by atoms with Gasteiger partial charge in [0.05, 0.1) is 22.9 Å². The number of carbonyl (C=O) groups excluding carboxylic acids is 1. The summed E-state index contributed by atoms with van der Waals surface area (Å²) in [6.45, 7) is 2.50. The Morgan fingerprint density at radius 2 is 1.90 bits per heavy atom. The van der Waals surface area contributed by atoms with E-state index in [9.17, 15) is 4.79 Å². The maximum Gasteiger partial charge on any atom is 0.346 e. The smallest absolute Gasteiger partial charge is 0.346 e. The molecule has 6 nitrogen and oxygen atoms in total. The number of nitrogens with two attached hydrogens (primary N) is 1. The number of nitrogen functional groups attached to an aromatic ring is 1. The van der Waals surface area contributed by atoms with E-state index in [-0.39, 0.29) is 12.1 Å². The summed E-state index contributed by atoms with van der Waals surface area (Å²) in [7, 11) is 0. The molecule has 2 amide bonds. The van der Waals surface area contributed by atoms with Gasteiger partial charge in [0.2, 0.25) is 0 Å². The van der Waals surface area contributed by atoms with E-state index in [2.05, 4.69) is 22.4 Å². The van der Waals surface area contributed by atoms with Crippen LogP contribution < -0.4 is 11.1 Å². The molecule has 156 valence electrons. The van der Waals surface area contributed by atoms with Crippen molar-refractivity contribution in [3.8, 4) is 11.1 Å². The van der Waals surface area contributed by atoms with Gasteiger partial charge in [0.25, 0.3) is 0 Å². The van der Waals surface area contributed by atoms with Gasteiger partial charge in [-0.2, -0.15) is 5.06 Å². The Balaban J connectivity index is 1.40. The van der Waals surface area contributed by atoms with Gasteiger partial charge in [-0.1, -0.05) is 59.9 Å². The number of anilines is 2. The molecule has 1 atom stereocenters. The lowest BCUT2D eigenvalue weighted by atomic mass is 10.0. The number of hydrogen-bond donors (Lipinski definition) is 2. The zero-order chi connectivity index (χ0) is 21.4. The first kappa shape index (κ1) is 19.5. The lowest BCUT2D eigenvalue weighted by Crippen LogP contribution is -2.33. The number of nitrogens with zero attached hydrogens (tertiary/aromatic N) is 2. The minimum Gasteiger partial charge on any atom is -0.375 e. The number of carbonyl (C=O) groups is 1. The maximum atomic E-state index is 13.0. The van der Waals surface area contributed by atoms with Crippen LogP contribution in [0.25, 0.3) is 21.3 Å². The molecule has 1 aromatic heterocycles. The predicted molar refractivity (Wildman–Crippen MR) is 125 cm³/mol. The van der Waals surface area contributed by atoms with Gasteiger partial charge in [0, 0.05) is 12.1 Å². The SMILES string of the molecule is Cc1ccc(-c2ccc3nc(N)sc3c2)cc1NC(=O)N1OCC[C@H]1c1ccccc1. The topological polar surface area (TPSA) is 80.5 Å². The van der Waals surface area contributed by atoms with Crippen molar-refractivity contribution in [2.75, 3.05) is 17.7 Å². The third-order valence-corrected chi connectivity index (χ3v) is 6.35. The van der Waals surface area contributed by atoms with Crippen LogP contribution in [0.3, 0.4) is 0 Å². The molecule has 0 bridgehead atoms. The average molecular weight is 431 g/mol. The van der Waals surface area contributed by atoms with E-state index in [4.69, 9.17) is 10.6 Å². The second kappa shape index (κ2) is 8.02.